The Hall–Kier alpha value is 3.01. The summed E-state index contributed by atoms with van der Waals surface area (Å²) < 4.78 is 2.59. The predicted octanol–water partition coefficient (Wildman–Crippen LogP) is 1.29. The number of aliphatic hydroxyl groups excluding tert-OH is 7. The molecule has 9 nitrogen and oxygen atoms in total. The zero-order valence-electron chi connectivity index (χ0n) is 26.3. The van der Waals surface area contributed by atoms with Crippen molar-refractivity contribution >= 4 is 132 Å². The summed E-state index contributed by atoms with van der Waals surface area (Å²) in [7, 11) is -0.951. The van der Waals surface area contributed by atoms with Crippen molar-refractivity contribution in [3.63, 3.8) is 0 Å². The lowest BCUT2D eigenvalue weighted by Gasteiger charge is -2.25. The lowest BCUT2D eigenvalue weighted by molar-refractivity contribution is -0.132. The Morgan fingerprint density at radius 3 is 1.37 bits per heavy atom. The summed E-state index contributed by atoms with van der Waals surface area (Å²) >= 11 is 42.7. The molecule has 1 saturated heterocycles. The molecular formula is C24H50IO9S12-. The van der Waals surface area contributed by atoms with E-state index in [0.717, 1.165) is 17.8 Å². The summed E-state index contributed by atoms with van der Waals surface area (Å²) in [5, 5.41) is 66.8. The van der Waals surface area contributed by atoms with Gasteiger partial charge >= 0.3 is 0 Å². The van der Waals surface area contributed by atoms with Crippen molar-refractivity contribution in [1.82, 2.24) is 0 Å². The number of ether oxygens (including phenoxy) is 1. The third-order valence-corrected chi connectivity index (χ3v) is 67.3. The molecule has 2 fully saturated rings. The van der Waals surface area contributed by atoms with E-state index in [1.807, 2.05) is 21.2 Å². The summed E-state index contributed by atoms with van der Waals surface area (Å²) in [5.41, 5.74) is -1.38. The minimum atomic E-state index is -2.19. The van der Waals surface area contributed by atoms with Gasteiger partial charge in [-0.3, -0.25) is 7.05 Å². The molecule has 0 spiro atoms. The lowest BCUT2D eigenvalue weighted by atomic mass is 9.88. The van der Waals surface area contributed by atoms with E-state index in [-0.39, 0.29) is 12.5 Å². The van der Waals surface area contributed by atoms with Gasteiger partial charge in [0.25, 0.3) is 0 Å². The second kappa shape index (κ2) is 26.7. The first kappa shape index (κ1) is 55.8. The van der Waals surface area contributed by atoms with Crippen molar-refractivity contribution in [3.8, 4) is 0 Å². The van der Waals surface area contributed by atoms with Crippen LogP contribution in [0.4, 0.5) is 0 Å². The minimum absolute atomic E-state index is 0.135. The highest BCUT2D eigenvalue weighted by molar-refractivity contribution is 14.2. The highest BCUT2D eigenvalue weighted by Crippen LogP contribution is 2.34. The second-order valence-electron chi connectivity index (χ2n) is 10.2. The standard InChI is InChI=1S/C8H18.C7H14O4.C5H10O5.2C2H4.IS12/c1-6(2)8(5)7(3)4;8-3-5-1-2-7(11,4-9)6(5)10;6-1-2-3(7)4(8)5(9)10-2;2*1-2;1-11(4,5)13(8,9)12(6,7)10(2)3/h6-8H,1-5H3;5-6,8-11H,1-4H2;2-9H,1H2;2*1-2H2;/q;;;;;-1/t;5-,6-,7+;2-,3-,4+,5?;;;/m.11.../s1. The summed E-state index contributed by atoms with van der Waals surface area (Å²) in [4.78, 5) is 0. The molecule has 1 heterocycles. The highest BCUT2D eigenvalue weighted by Gasteiger charge is 2.45. The molecule has 8 N–H and O–H groups in total. The van der Waals surface area contributed by atoms with Crippen molar-refractivity contribution < 1.29 is 45.6 Å². The lowest BCUT2D eigenvalue weighted by Crippen LogP contribution is -2.44. The van der Waals surface area contributed by atoms with Crippen LogP contribution in [0.3, 0.4) is 0 Å². The molecule has 1 aliphatic heterocycles. The van der Waals surface area contributed by atoms with Gasteiger partial charge < -0.3 is 45.6 Å². The zero-order valence-corrected chi connectivity index (χ0v) is 38.3. The van der Waals surface area contributed by atoms with Crippen LogP contribution in [0.1, 0.15) is 47.5 Å². The van der Waals surface area contributed by atoms with Crippen molar-refractivity contribution in [2.45, 2.75) is 83.8 Å². The van der Waals surface area contributed by atoms with E-state index >= 15 is 0 Å². The molecule has 22 heteroatoms. The number of hydrogen-bond acceptors (Lipinski definition) is 18. The number of aliphatic hydroxyl groups is 8. The molecular weight excluding hydrogens is 944 g/mol. The van der Waals surface area contributed by atoms with Gasteiger partial charge in [-0.05, 0) is 75.3 Å². The van der Waals surface area contributed by atoms with Gasteiger partial charge in [0.2, 0.25) is 0 Å². The third-order valence-electron chi connectivity index (χ3n) is 6.73. The van der Waals surface area contributed by atoms with Crippen LogP contribution in [-0.4, -0.2) is 97.0 Å². The molecule has 46 heavy (non-hydrogen) atoms. The van der Waals surface area contributed by atoms with E-state index < -0.39 is 70.3 Å². The largest absolute Gasteiger partial charge is 0.396 e. The molecule has 7 atom stereocenters. The van der Waals surface area contributed by atoms with Gasteiger partial charge in [-0.15, -0.1) is 26.3 Å². The van der Waals surface area contributed by atoms with E-state index in [9.17, 15) is 10.2 Å². The first-order valence-corrected chi connectivity index (χ1v) is 30.9. The van der Waals surface area contributed by atoms with Crippen molar-refractivity contribution in [2.75, 3.05) is 19.8 Å². The van der Waals surface area contributed by atoms with E-state index in [2.05, 4.69) is 65.7 Å². The van der Waals surface area contributed by atoms with Crippen molar-refractivity contribution in [1.29, 1.82) is 0 Å². The molecule has 0 bridgehead atoms. The molecule has 0 amide bonds. The number of halogens is 1. The van der Waals surface area contributed by atoms with Crippen LogP contribution in [0, 0.1) is 23.7 Å². The van der Waals surface area contributed by atoms with Gasteiger partial charge in [0.1, 0.15) is 23.9 Å². The van der Waals surface area contributed by atoms with Gasteiger partial charge in [0, 0.05) is 42.3 Å². The van der Waals surface area contributed by atoms with Gasteiger partial charge in [-0.25, -0.2) is 22.4 Å². The first-order chi connectivity index (χ1) is 20.8. The molecule has 1 saturated carbocycles. The molecule has 0 aromatic rings. The van der Waals surface area contributed by atoms with E-state index in [1.54, 1.807) is 0 Å². The van der Waals surface area contributed by atoms with Crippen LogP contribution >= 0.6 is 21.2 Å². The van der Waals surface area contributed by atoms with Gasteiger partial charge in [-0.2, -0.15) is 0 Å². The molecule has 2 rings (SSSR count). The van der Waals surface area contributed by atoms with Gasteiger partial charge in [-0.1, -0.05) is 62.2 Å². The van der Waals surface area contributed by atoms with Crippen LogP contribution in [0.25, 0.3) is 0 Å². The molecule has 2 aliphatic rings. The molecule has 1 aliphatic carbocycles. The average molecular weight is 994 g/mol. The average Bonchev–Trinajstić information content (AvgIpc) is 3.43. The van der Waals surface area contributed by atoms with Crippen LogP contribution < -0.4 is 0 Å². The van der Waals surface area contributed by atoms with Crippen LogP contribution in [0.5, 0.6) is 0 Å². The van der Waals surface area contributed by atoms with E-state index in [4.69, 9.17) is 120 Å². The minimum Gasteiger partial charge on any atom is -0.396 e. The molecule has 0 radical (unpaired) electrons. The van der Waals surface area contributed by atoms with Gasteiger partial charge in [0.15, 0.2) is 6.29 Å². The molecule has 0 aromatic heterocycles. The normalized spacial score (nSPS) is 27.5. The van der Waals surface area contributed by atoms with Crippen LogP contribution in [0.15, 0.2) is 26.3 Å². The maximum Gasteiger partial charge on any atom is 0.184 e. The quantitative estimate of drug-likeness (QED) is 0.0575. The fourth-order valence-corrected chi connectivity index (χ4v) is 53.4. The van der Waals surface area contributed by atoms with Crippen LogP contribution in [0.2, 0.25) is 0 Å². The summed E-state index contributed by atoms with van der Waals surface area (Å²) in [6, 6.07) is 0. The Labute approximate surface area is 326 Å². The van der Waals surface area contributed by atoms with Gasteiger partial charge in [0.05, 0.1) is 19.3 Å². The number of hydrogen-bond donors (Lipinski definition) is 8. The Kier molecular flexibility index (Phi) is 32.4. The van der Waals surface area contributed by atoms with Crippen molar-refractivity contribution in [3.05, 3.63) is 26.3 Å². The van der Waals surface area contributed by atoms with E-state index in [1.165, 1.54) is 0 Å². The molecule has 1 unspecified atom stereocenters. The fraction of sp³-hybridized carbons (Fsp3) is 0.833. The third kappa shape index (κ3) is 18.2. The molecule has 280 valence electrons. The maximum absolute atomic E-state index is 9.46. The second-order valence-corrected chi connectivity index (χ2v) is 53.2. The Balaban J connectivity index is -0.000000249. The van der Waals surface area contributed by atoms with E-state index in [0.29, 0.717) is 12.8 Å². The van der Waals surface area contributed by atoms with Crippen molar-refractivity contribution in [2.24, 2.45) is 23.7 Å². The SMILES string of the molecule is C=C.C=C.CC(C)C(C)C(C)C.OC[C@H]1CC[C@](O)(CO)[C@@H]1O.OC[C@H]1OC(O)[C@@H](O)[C@@H]1O.S=[S-](=S)S(=S)(=S)S(=S)(=S)S(=S)(=S)I. The first-order valence-electron chi connectivity index (χ1n) is 13.3. The monoisotopic (exact) mass is 993 g/mol. The smallest absolute Gasteiger partial charge is 0.184 e. The zero-order chi connectivity index (χ0) is 38.0. The highest BCUT2D eigenvalue weighted by atomic mass is 127. The topological polar surface area (TPSA) is 171 Å². The summed E-state index contributed by atoms with van der Waals surface area (Å²) in [6.45, 7) is 22.5. The Morgan fingerprint density at radius 1 is 0.826 bits per heavy atom. The fourth-order valence-electron chi connectivity index (χ4n) is 3.36. The Bertz CT molecular complexity index is 1230. The van der Waals surface area contributed by atoms with Crippen LogP contribution in [-0.2, 0) is 115 Å². The summed E-state index contributed by atoms with van der Waals surface area (Å²) in [5.74, 6) is 2.27. The molecule has 0 aromatic carbocycles. The maximum atomic E-state index is 9.46. The summed E-state index contributed by atoms with van der Waals surface area (Å²) in [6.07, 6.45) is -4.82. The Morgan fingerprint density at radius 2 is 1.24 bits per heavy atom. The predicted molar refractivity (Wildman–Crippen MR) is 232 cm³/mol. The number of rotatable bonds is 8.